The Hall–Kier alpha value is -1.35. The first-order chi connectivity index (χ1) is 9.75. The molecule has 1 aromatic rings. The SMILES string of the molecule is C/C(CCN1CCCCC1)=N/OC(C)c1ccccc1. The quantitative estimate of drug-likeness (QED) is 0.578. The Balaban J connectivity index is 1.73. The van der Waals surface area contributed by atoms with Crippen molar-refractivity contribution in [1.82, 2.24) is 4.90 Å². The second kappa shape index (κ2) is 8.05. The van der Waals surface area contributed by atoms with E-state index in [1.165, 1.54) is 37.9 Å². The van der Waals surface area contributed by atoms with E-state index in [1.807, 2.05) is 25.1 Å². The summed E-state index contributed by atoms with van der Waals surface area (Å²) in [4.78, 5) is 8.13. The molecule has 3 heteroatoms. The van der Waals surface area contributed by atoms with Gasteiger partial charge in [0.1, 0.15) is 6.10 Å². The molecule has 3 nitrogen and oxygen atoms in total. The number of benzene rings is 1. The van der Waals surface area contributed by atoms with Gasteiger partial charge >= 0.3 is 0 Å². The van der Waals surface area contributed by atoms with Crippen molar-refractivity contribution in [2.45, 2.75) is 45.6 Å². The molecular formula is C17H26N2O. The summed E-state index contributed by atoms with van der Waals surface area (Å²) in [6.45, 7) is 7.69. The Labute approximate surface area is 122 Å². The van der Waals surface area contributed by atoms with Crippen LogP contribution in [0.25, 0.3) is 0 Å². The molecule has 0 aromatic heterocycles. The fraction of sp³-hybridized carbons (Fsp3) is 0.588. The van der Waals surface area contributed by atoms with E-state index in [2.05, 4.69) is 29.1 Å². The van der Waals surface area contributed by atoms with Crippen LogP contribution in [0.5, 0.6) is 0 Å². The third kappa shape index (κ3) is 4.97. The monoisotopic (exact) mass is 274 g/mol. The van der Waals surface area contributed by atoms with E-state index >= 15 is 0 Å². The van der Waals surface area contributed by atoms with Crippen LogP contribution in [0.2, 0.25) is 0 Å². The fourth-order valence-electron chi connectivity index (χ4n) is 2.50. The highest BCUT2D eigenvalue weighted by atomic mass is 16.6. The predicted octanol–water partition coefficient (Wildman–Crippen LogP) is 4.02. The van der Waals surface area contributed by atoms with Crippen molar-refractivity contribution in [3.05, 3.63) is 35.9 Å². The number of nitrogens with zero attached hydrogens (tertiary/aromatic N) is 2. The van der Waals surface area contributed by atoms with Crippen molar-refractivity contribution in [2.75, 3.05) is 19.6 Å². The van der Waals surface area contributed by atoms with Crippen LogP contribution < -0.4 is 0 Å². The van der Waals surface area contributed by atoms with Crippen molar-refractivity contribution in [2.24, 2.45) is 5.16 Å². The molecule has 0 radical (unpaired) electrons. The number of oxime groups is 1. The molecule has 0 N–H and O–H groups in total. The summed E-state index contributed by atoms with van der Waals surface area (Å²) in [5.41, 5.74) is 2.25. The summed E-state index contributed by atoms with van der Waals surface area (Å²) in [6, 6.07) is 10.2. The first-order valence-electron chi connectivity index (χ1n) is 7.72. The first kappa shape index (κ1) is 15.0. The third-order valence-electron chi connectivity index (χ3n) is 3.87. The molecule has 1 aliphatic rings. The van der Waals surface area contributed by atoms with E-state index in [4.69, 9.17) is 4.84 Å². The molecule has 1 saturated heterocycles. The molecule has 1 aliphatic heterocycles. The number of hydrogen-bond acceptors (Lipinski definition) is 3. The van der Waals surface area contributed by atoms with Gasteiger partial charge in [-0.25, -0.2) is 0 Å². The van der Waals surface area contributed by atoms with E-state index in [1.54, 1.807) is 0 Å². The van der Waals surface area contributed by atoms with E-state index in [0.29, 0.717) is 0 Å². The Kier molecular flexibility index (Phi) is 6.06. The maximum atomic E-state index is 5.60. The van der Waals surface area contributed by atoms with Gasteiger partial charge in [-0.05, 0) is 45.3 Å². The van der Waals surface area contributed by atoms with E-state index < -0.39 is 0 Å². The van der Waals surface area contributed by atoms with Crippen LogP contribution in [0.15, 0.2) is 35.5 Å². The lowest BCUT2D eigenvalue weighted by Gasteiger charge is -2.26. The average molecular weight is 274 g/mol. The second-order valence-electron chi connectivity index (χ2n) is 5.64. The third-order valence-corrected chi connectivity index (χ3v) is 3.87. The van der Waals surface area contributed by atoms with Crippen molar-refractivity contribution in [3.8, 4) is 0 Å². The van der Waals surface area contributed by atoms with Crippen molar-refractivity contribution >= 4 is 5.71 Å². The normalized spacial score (nSPS) is 18.8. The molecule has 0 saturated carbocycles. The van der Waals surface area contributed by atoms with Gasteiger partial charge in [0.15, 0.2) is 0 Å². The topological polar surface area (TPSA) is 24.8 Å². The number of piperidine rings is 1. The van der Waals surface area contributed by atoms with Crippen LogP contribution in [-0.4, -0.2) is 30.2 Å². The second-order valence-corrected chi connectivity index (χ2v) is 5.64. The zero-order chi connectivity index (χ0) is 14.2. The summed E-state index contributed by atoms with van der Waals surface area (Å²) in [6.07, 6.45) is 5.10. The summed E-state index contributed by atoms with van der Waals surface area (Å²) >= 11 is 0. The number of rotatable bonds is 6. The molecule has 0 aliphatic carbocycles. The molecule has 1 heterocycles. The van der Waals surface area contributed by atoms with Crippen LogP contribution in [0.1, 0.15) is 51.2 Å². The first-order valence-corrected chi connectivity index (χ1v) is 7.72. The van der Waals surface area contributed by atoms with Crippen molar-refractivity contribution in [3.63, 3.8) is 0 Å². The fourth-order valence-corrected chi connectivity index (χ4v) is 2.50. The molecule has 1 unspecified atom stereocenters. The molecule has 1 atom stereocenters. The largest absolute Gasteiger partial charge is 0.388 e. The van der Waals surface area contributed by atoms with Gasteiger partial charge in [0.2, 0.25) is 0 Å². The summed E-state index contributed by atoms with van der Waals surface area (Å²) < 4.78 is 0. The number of hydrogen-bond donors (Lipinski definition) is 0. The molecular weight excluding hydrogens is 248 g/mol. The lowest BCUT2D eigenvalue weighted by atomic mass is 10.1. The smallest absolute Gasteiger partial charge is 0.149 e. The van der Waals surface area contributed by atoms with Crippen LogP contribution in [-0.2, 0) is 4.84 Å². The molecule has 0 spiro atoms. The Morgan fingerprint density at radius 3 is 2.60 bits per heavy atom. The van der Waals surface area contributed by atoms with Gasteiger partial charge in [-0.3, -0.25) is 0 Å². The van der Waals surface area contributed by atoms with Gasteiger partial charge in [0, 0.05) is 13.0 Å². The van der Waals surface area contributed by atoms with E-state index in [-0.39, 0.29) is 6.10 Å². The van der Waals surface area contributed by atoms with Gasteiger partial charge in [-0.1, -0.05) is 41.9 Å². The van der Waals surface area contributed by atoms with Crippen LogP contribution in [0, 0.1) is 0 Å². The van der Waals surface area contributed by atoms with Gasteiger partial charge in [-0.15, -0.1) is 0 Å². The highest BCUT2D eigenvalue weighted by Gasteiger charge is 2.10. The molecule has 110 valence electrons. The predicted molar refractivity (Wildman–Crippen MR) is 84.0 cm³/mol. The minimum absolute atomic E-state index is 0.0149. The van der Waals surface area contributed by atoms with E-state index in [9.17, 15) is 0 Å². The van der Waals surface area contributed by atoms with Gasteiger partial charge in [0.25, 0.3) is 0 Å². The van der Waals surface area contributed by atoms with Crippen molar-refractivity contribution < 1.29 is 4.84 Å². The highest BCUT2D eigenvalue weighted by Crippen LogP contribution is 2.16. The Bertz CT molecular complexity index is 410. The summed E-state index contributed by atoms with van der Waals surface area (Å²) in [7, 11) is 0. The molecule has 1 aromatic carbocycles. The minimum Gasteiger partial charge on any atom is -0.388 e. The molecule has 1 fully saturated rings. The Morgan fingerprint density at radius 2 is 1.90 bits per heavy atom. The van der Waals surface area contributed by atoms with E-state index in [0.717, 1.165) is 18.7 Å². The molecule has 0 amide bonds. The lowest BCUT2D eigenvalue weighted by Crippen LogP contribution is -2.31. The summed E-state index contributed by atoms with van der Waals surface area (Å²) in [5, 5.41) is 4.27. The molecule has 0 bridgehead atoms. The standard InChI is InChI=1S/C17H26N2O/c1-15(11-14-19-12-7-4-8-13-19)18-20-16(2)17-9-5-3-6-10-17/h3,5-6,9-10,16H,4,7-8,11-14H2,1-2H3/b18-15-. The molecule has 2 rings (SSSR count). The molecule has 20 heavy (non-hydrogen) atoms. The Morgan fingerprint density at radius 1 is 1.20 bits per heavy atom. The minimum atomic E-state index is 0.0149. The van der Waals surface area contributed by atoms with Gasteiger partial charge in [-0.2, -0.15) is 0 Å². The van der Waals surface area contributed by atoms with Crippen LogP contribution in [0.4, 0.5) is 0 Å². The van der Waals surface area contributed by atoms with Crippen LogP contribution in [0.3, 0.4) is 0 Å². The van der Waals surface area contributed by atoms with Crippen LogP contribution >= 0.6 is 0 Å². The number of likely N-dealkylation sites (tertiary alicyclic amines) is 1. The zero-order valence-electron chi connectivity index (χ0n) is 12.7. The zero-order valence-corrected chi connectivity index (χ0v) is 12.7. The maximum absolute atomic E-state index is 5.60. The summed E-state index contributed by atoms with van der Waals surface area (Å²) in [5.74, 6) is 0. The van der Waals surface area contributed by atoms with Crippen molar-refractivity contribution in [1.29, 1.82) is 0 Å². The lowest BCUT2D eigenvalue weighted by molar-refractivity contribution is 0.0714. The average Bonchev–Trinajstić information content (AvgIpc) is 2.52. The van der Waals surface area contributed by atoms with Gasteiger partial charge < -0.3 is 9.74 Å². The highest BCUT2D eigenvalue weighted by molar-refractivity contribution is 5.81. The van der Waals surface area contributed by atoms with Gasteiger partial charge in [0.05, 0.1) is 5.71 Å². The maximum Gasteiger partial charge on any atom is 0.149 e.